The summed E-state index contributed by atoms with van der Waals surface area (Å²) in [6, 6.07) is 2.92. The normalized spacial score (nSPS) is 24.5. The summed E-state index contributed by atoms with van der Waals surface area (Å²) in [5.74, 6) is -0.318. The number of hydrogen-bond acceptors (Lipinski definition) is 5. The number of nitrogens with two attached hydrogens (primary N) is 1. The van der Waals surface area contributed by atoms with Crippen molar-refractivity contribution in [3.8, 4) is 0 Å². The molecule has 0 saturated carbocycles. The van der Waals surface area contributed by atoms with Gasteiger partial charge in [0.05, 0.1) is 11.6 Å². The molecule has 2 saturated heterocycles. The van der Waals surface area contributed by atoms with Crippen LogP contribution in [0.5, 0.6) is 0 Å². The molecule has 0 spiro atoms. The third kappa shape index (κ3) is 4.59. The Hall–Kier alpha value is -1.44. The molecule has 2 aliphatic rings. The Morgan fingerprint density at radius 3 is 2.76 bits per heavy atom. The van der Waals surface area contributed by atoms with E-state index in [1.54, 1.807) is 0 Å². The molecule has 2 N–H and O–H groups in total. The van der Waals surface area contributed by atoms with E-state index in [0.717, 1.165) is 58.8 Å². The molecule has 3 heterocycles. The summed E-state index contributed by atoms with van der Waals surface area (Å²) >= 11 is 0. The largest absolute Gasteiger partial charge is 0.381 e. The zero-order valence-corrected chi connectivity index (χ0v) is 15.4. The van der Waals surface area contributed by atoms with Gasteiger partial charge in [0.25, 0.3) is 0 Å². The molecule has 1 aromatic rings. The number of amides is 1. The zero-order chi connectivity index (χ0) is 17.8. The summed E-state index contributed by atoms with van der Waals surface area (Å²) in [7, 11) is 0. The van der Waals surface area contributed by atoms with Crippen LogP contribution in [0.15, 0.2) is 12.3 Å². The quantitative estimate of drug-likeness (QED) is 0.853. The van der Waals surface area contributed by atoms with Gasteiger partial charge in [0.15, 0.2) is 0 Å². The molecule has 1 amide bonds. The second-order valence-electron chi connectivity index (χ2n) is 7.53. The molecule has 7 nitrogen and oxygen atoms in total. The van der Waals surface area contributed by atoms with Gasteiger partial charge in [-0.05, 0) is 32.8 Å². The van der Waals surface area contributed by atoms with Gasteiger partial charge in [0.1, 0.15) is 0 Å². The van der Waals surface area contributed by atoms with Gasteiger partial charge in [-0.15, -0.1) is 0 Å². The molecule has 0 unspecified atom stereocenters. The molecule has 25 heavy (non-hydrogen) atoms. The molecule has 1 atom stereocenters. The van der Waals surface area contributed by atoms with Crippen LogP contribution in [0.3, 0.4) is 0 Å². The van der Waals surface area contributed by atoms with Crippen LogP contribution in [-0.4, -0.2) is 70.9 Å². The van der Waals surface area contributed by atoms with E-state index >= 15 is 0 Å². The first-order chi connectivity index (χ1) is 12.0. The topological polar surface area (TPSA) is 76.6 Å². The minimum absolute atomic E-state index is 0.124. The van der Waals surface area contributed by atoms with Crippen molar-refractivity contribution in [2.24, 2.45) is 11.7 Å². The van der Waals surface area contributed by atoms with Crippen LogP contribution >= 0.6 is 0 Å². The predicted molar refractivity (Wildman–Crippen MR) is 96.0 cm³/mol. The van der Waals surface area contributed by atoms with Crippen LogP contribution < -0.4 is 5.73 Å². The van der Waals surface area contributed by atoms with Crippen molar-refractivity contribution in [3.05, 3.63) is 18.0 Å². The van der Waals surface area contributed by atoms with Crippen LogP contribution in [-0.2, 0) is 16.1 Å². The lowest BCUT2D eigenvalue weighted by Crippen LogP contribution is -2.44. The number of ether oxygens (including phenoxy) is 1. The summed E-state index contributed by atoms with van der Waals surface area (Å²) in [4.78, 5) is 16.8. The first kappa shape index (κ1) is 18.4. The smallest absolute Gasteiger partial charge is 0.223 e. The van der Waals surface area contributed by atoms with Crippen LogP contribution in [0.25, 0.3) is 0 Å². The third-order valence-corrected chi connectivity index (χ3v) is 5.37. The van der Waals surface area contributed by atoms with Gasteiger partial charge in [-0.25, -0.2) is 0 Å². The highest BCUT2D eigenvalue weighted by Gasteiger charge is 2.31. The molecule has 140 valence electrons. The summed E-state index contributed by atoms with van der Waals surface area (Å²) in [6.07, 6.45) is 3.95. The molecule has 0 aliphatic carbocycles. The average Bonchev–Trinajstić information content (AvgIpc) is 2.95. The van der Waals surface area contributed by atoms with E-state index in [1.165, 1.54) is 5.69 Å². The number of aromatic nitrogens is 2. The molecular weight excluding hydrogens is 318 g/mol. The molecule has 1 aromatic heterocycles. The summed E-state index contributed by atoms with van der Waals surface area (Å²) in [5.41, 5.74) is 6.90. The first-order valence-electron chi connectivity index (χ1n) is 9.40. The number of primary amides is 1. The summed E-state index contributed by atoms with van der Waals surface area (Å²) < 4.78 is 7.54. The fraction of sp³-hybridized carbons (Fsp3) is 0.778. The van der Waals surface area contributed by atoms with Gasteiger partial charge in [0.2, 0.25) is 5.91 Å². The minimum atomic E-state index is -0.193. The monoisotopic (exact) mass is 349 g/mol. The second-order valence-corrected chi connectivity index (χ2v) is 7.53. The molecular formula is C18H31N5O2. The number of carbonyl (C=O) groups excluding carboxylic acids is 1. The van der Waals surface area contributed by atoms with Crippen LogP contribution in [0.2, 0.25) is 0 Å². The molecule has 7 heteroatoms. The Morgan fingerprint density at radius 2 is 2.08 bits per heavy atom. The Kier molecular flexibility index (Phi) is 6.09. The van der Waals surface area contributed by atoms with Crippen LogP contribution in [0, 0.1) is 5.92 Å². The van der Waals surface area contributed by atoms with Gasteiger partial charge in [-0.2, -0.15) is 5.10 Å². The van der Waals surface area contributed by atoms with E-state index < -0.39 is 0 Å². The Morgan fingerprint density at radius 1 is 1.32 bits per heavy atom. The van der Waals surface area contributed by atoms with Gasteiger partial charge in [-0.3, -0.25) is 19.3 Å². The number of carbonyl (C=O) groups is 1. The van der Waals surface area contributed by atoms with Crippen molar-refractivity contribution in [2.45, 2.75) is 45.3 Å². The maximum atomic E-state index is 12.0. The van der Waals surface area contributed by atoms with Crippen LogP contribution in [0.4, 0.5) is 0 Å². The average molecular weight is 349 g/mol. The van der Waals surface area contributed by atoms with E-state index in [1.807, 2.05) is 6.20 Å². The summed E-state index contributed by atoms with van der Waals surface area (Å²) in [6.45, 7) is 10.1. The van der Waals surface area contributed by atoms with Crippen molar-refractivity contribution in [1.29, 1.82) is 0 Å². The van der Waals surface area contributed by atoms with E-state index in [-0.39, 0.29) is 11.8 Å². The zero-order valence-electron chi connectivity index (χ0n) is 15.4. The van der Waals surface area contributed by atoms with Crippen molar-refractivity contribution in [2.75, 3.05) is 39.4 Å². The van der Waals surface area contributed by atoms with Crippen molar-refractivity contribution >= 4 is 5.91 Å². The highest BCUT2D eigenvalue weighted by atomic mass is 16.5. The lowest BCUT2D eigenvalue weighted by molar-refractivity contribution is -0.122. The highest BCUT2D eigenvalue weighted by Crippen LogP contribution is 2.20. The maximum Gasteiger partial charge on any atom is 0.223 e. The van der Waals surface area contributed by atoms with Crippen molar-refractivity contribution in [1.82, 2.24) is 19.6 Å². The van der Waals surface area contributed by atoms with E-state index in [4.69, 9.17) is 10.5 Å². The predicted octanol–water partition coefficient (Wildman–Crippen LogP) is 0.862. The lowest BCUT2D eigenvalue weighted by atomic mass is 10.0. The van der Waals surface area contributed by atoms with Gasteiger partial charge < -0.3 is 10.5 Å². The maximum absolute atomic E-state index is 12.0. The number of nitrogens with zero attached hydrogens (tertiary/aromatic N) is 4. The molecule has 0 aromatic carbocycles. The molecule has 0 bridgehead atoms. The standard InChI is InChI=1S/C18H31N5O2/c1-14(2)23-17(3-6-20-23)13-21-7-8-22(12-15(11-21)18(19)24)16-4-9-25-10-5-16/h3,6,14-16H,4-5,7-13H2,1-2H3,(H2,19,24)/t15-/m1/s1. The van der Waals surface area contributed by atoms with Gasteiger partial charge >= 0.3 is 0 Å². The van der Waals surface area contributed by atoms with Crippen molar-refractivity contribution < 1.29 is 9.53 Å². The Labute approximate surface area is 150 Å². The molecule has 2 aliphatic heterocycles. The van der Waals surface area contributed by atoms with Crippen molar-refractivity contribution in [3.63, 3.8) is 0 Å². The first-order valence-corrected chi connectivity index (χ1v) is 9.40. The SMILES string of the molecule is CC(C)n1nccc1CN1CCN(C2CCOCC2)C[C@H](C(N)=O)C1. The molecule has 2 fully saturated rings. The van der Waals surface area contributed by atoms with E-state index in [9.17, 15) is 4.79 Å². The molecule has 0 radical (unpaired) electrons. The lowest BCUT2D eigenvalue weighted by Gasteiger charge is -2.34. The Bertz CT molecular complexity index is 568. The minimum Gasteiger partial charge on any atom is -0.381 e. The van der Waals surface area contributed by atoms with E-state index in [2.05, 4.69) is 39.5 Å². The third-order valence-electron chi connectivity index (χ3n) is 5.37. The van der Waals surface area contributed by atoms with Gasteiger partial charge in [-0.1, -0.05) is 0 Å². The fourth-order valence-electron chi connectivity index (χ4n) is 3.97. The number of hydrogen-bond donors (Lipinski definition) is 1. The van der Waals surface area contributed by atoms with E-state index in [0.29, 0.717) is 12.1 Å². The number of rotatable bonds is 5. The summed E-state index contributed by atoms with van der Waals surface area (Å²) in [5, 5.41) is 4.42. The van der Waals surface area contributed by atoms with Crippen LogP contribution in [0.1, 0.15) is 38.4 Å². The molecule has 3 rings (SSSR count). The Balaban J connectivity index is 1.69. The fourth-order valence-corrected chi connectivity index (χ4v) is 3.97. The highest BCUT2D eigenvalue weighted by molar-refractivity contribution is 5.77. The van der Waals surface area contributed by atoms with Gasteiger partial charge in [0, 0.05) is 64.2 Å². The second kappa shape index (κ2) is 8.29.